The van der Waals surface area contributed by atoms with E-state index >= 15 is 0 Å². The number of benzene rings is 1. The van der Waals surface area contributed by atoms with E-state index < -0.39 is 0 Å². The van der Waals surface area contributed by atoms with Crippen molar-refractivity contribution >= 4 is 28.6 Å². The number of rotatable bonds is 3. The van der Waals surface area contributed by atoms with Crippen LogP contribution in [0, 0.1) is 5.41 Å². The Hall–Kier alpha value is -1.98. The lowest BCUT2D eigenvalue weighted by Gasteiger charge is -2.17. The highest BCUT2D eigenvalue weighted by atomic mass is 32.1. The summed E-state index contributed by atoms with van der Waals surface area (Å²) in [6.45, 7) is 3.76. The minimum Gasteiger partial charge on any atom is -0.489 e. The van der Waals surface area contributed by atoms with Gasteiger partial charge in [0.05, 0.1) is 0 Å². The van der Waals surface area contributed by atoms with Crippen molar-refractivity contribution in [1.29, 1.82) is 5.41 Å². The fraction of sp³-hybridized carbons (Fsp3) is 0.333. The SMILES string of the molecule is CCC1CNCc2cc(NC(=N)C3=CC=CCC3=S)ccc2O1. The van der Waals surface area contributed by atoms with E-state index in [0.29, 0.717) is 5.84 Å². The van der Waals surface area contributed by atoms with E-state index in [1.807, 2.05) is 36.4 Å². The molecular weight excluding hydrogens is 306 g/mol. The van der Waals surface area contributed by atoms with Crippen LogP contribution in [-0.4, -0.2) is 23.3 Å². The number of ether oxygens (including phenoxy) is 1. The molecule has 0 amide bonds. The molecule has 1 atom stereocenters. The van der Waals surface area contributed by atoms with Crippen LogP contribution in [0.2, 0.25) is 0 Å². The zero-order chi connectivity index (χ0) is 16.2. The molecule has 1 aliphatic carbocycles. The summed E-state index contributed by atoms with van der Waals surface area (Å²) in [6.07, 6.45) is 7.77. The van der Waals surface area contributed by atoms with Crippen molar-refractivity contribution in [2.24, 2.45) is 0 Å². The lowest BCUT2D eigenvalue weighted by atomic mass is 10.0. The van der Waals surface area contributed by atoms with E-state index in [1.165, 1.54) is 0 Å². The molecule has 0 radical (unpaired) electrons. The minimum absolute atomic E-state index is 0.213. The number of allylic oxidation sites excluding steroid dienone is 3. The Morgan fingerprint density at radius 3 is 3.13 bits per heavy atom. The smallest absolute Gasteiger partial charge is 0.131 e. The van der Waals surface area contributed by atoms with Crippen molar-refractivity contribution in [3.8, 4) is 5.75 Å². The highest BCUT2D eigenvalue weighted by molar-refractivity contribution is 7.81. The Morgan fingerprint density at radius 2 is 2.35 bits per heavy atom. The van der Waals surface area contributed by atoms with Crippen molar-refractivity contribution in [3.05, 3.63) is 47.6 Å². The molecule has 2 aliphatic rings. The van der Waals surface area contributed by atoms with Gasteiger partial charge in [-0.3, -0.25) is 5.41 Å². The molecule has 3 rings (SSSR count). The van der Waals surface area contributed by atoms with Gasteiger partial charge in [0.1, 0.15) is 17.7 Å². The molecule has 23 heavy (non-hydrogen) atoms. The third kappa shape index (κ3) is 3.68. The van der Waals surface area contributed by atoms with Crippen molar-refractivity contribution in [2.75, 3.05) is 11.9 Å². The average molecular weight is 327 g/mol. The predicted molar refractivity (Wildman–Crippen MR) is 98.6 cm³/mol. The molecule has 1 unspecified atom stereocenters. The summed E-state index contributed by atoms with van der Waals surface area (Å²) >= 11 is 5.33. The number of amidine groups is 1. The fourth-order valence-electron chi connectivity index (χ4n) is 2.70. The van der Waals surface area contributed by atoms with E-state index in [0.717, 1.165) is 53.4 Å². The molecule has 1 aromatic rings. The molecule has 120 valence electrons. The lowest BCUT2D eigenvalue weighted by molar-refractivity contribution is 0.202. The number of hydrogen-bond acceptors (Lipinski definition) is 4. The van der Waals surface area contributed by atoms with Gasteiger partial charge in [-0.25, -0.2) is 0 Å². The van der Waals surface area contributed by atoms with Crippen LogP contribution in [0.1, 0.15) is 25.3 Å². The zero-order valence-electron chi connectivity index (χ0n) is 13.2. The Balaban J connectivity index is 1.76. The van der Waals surface area contributed by atoms with Crippen LogP contribution in [0.15, 0.2) is 42.0 Å². The van der Waals surface area contributed by atoms with Crippen LogP contribution in [0.5, 0.6) is 5.75 Å². The maximum Gasteiger partial charge on any atom is 0.131 e. The van der Waals surface area contributed by atoms with Crippen LogP contribution < -0.4 is 15.4 Å². The standard InChI is InChI=1S/C18H21N3OS/c1-2-14-11-20-10-12-9-13(7-8-16(12)22-14)21-18(19)15-5-3-4-6-17(15)23/h3-5,7-9,14,20H,2,6,10-11H2,1H3,(H2,19,21). The van der Waals surface area contributed by atoms with Gasteiger partial charge in [0.2, 0.25) is 0 Å². The maximum atomic E-state index is 8.25. The van der Waals surface area contributed by atoms with Crippen molar-refractivity contribution < 1.29 is 4.74 Å². The Morgan fingerprint density at radius 1 is 1.48 bits per heavy atom. The van der Waals surface area contributed by atoms with Crippen molar-refractivity contribution in [3.63, 3.8) is 0 Å². The highest BCUT2D eigenvalue weighted by Crippen LogP contribution is 2.26. The first-order valence-electron chi connectivity index (χ1n) is 7.93. The van der Waals surface area contributed by atoms with Crippen LogP contribution in [0.4, 0.5) is 5.69 Å². The van der Waals surface area contributed by atoms with E-state index in [-0.39, 0.29) is 6.10 Å². The molecule has 0 saturated heterocycles. The Kier molecular flexibility index (Phi) is 4.88. The molecule has 1 aromatic carbocycles. The molecule has 5 heteroatoms. The summed E-state index contributed by atoms with van der Waals surface area (Å²) in [5, 5.41) is 14.8. The molecule has 3 N–H and O–H groups in total. The van der Waals surface area contributed by atoms with Gasteiger partial charge in [-0.05, 0) is 24.6 Å². The molecule has 0 fully saturated rings. The quantitative estimate of drug-likeness (QED) is 0.451. The summed E-state index contributed by atoms with van der Waals surface area (Å²) in [5.74, 6) is 1.27. The fourth-order valence-corrected chi connectivity index (χ4v) is 2.97. The van der Waals surface area contributed by atoms with Gasteiger partial charge < -0.3 is 15.4 Å². The molecule has 1 heterocycles. The third-order valence-electron chi connectivity index (χ3n) is 4.04. The van der Waals surface area contributed by atoms with Crippen molar-refractivity contribution in [2.45, 2.75) is 32.4 Å². The number of fused-ring (bicyclic) bond motifs is 1. The van der Waals surface area contributed by atoms with Gasteiger partial charge in [-0.15, -0.1) is 0 Å². The molecule has 0 aromatic heterocycles. The number of thiocarbonyl (C=S) groups is 1. The summed E-state index contributed by atoms with van der Waals surface area (Å²) < 4.78 is 6.01. The van der Waals surface area contributed by atoms with Gasteiger partial charge in [-0.1, -0.05) is 37.4 Å². The zero-order valence-corrected chi connectivity index (χ0v) is 14.0. The van der Waals surface area contributed by atoms with E-state index in [2.05, 4.69) is 17.6 Å². The largest absolute Gasteiger partial charge is 0.489 e. The molecule has 0 spiro atoms. The van der Waals surface area contributed by atoms with E-state index in [9.17, 15) is 0 Å². The van der Waals surface area contributed by atoms with E-state index in [4.69, 9.17) is 22.4 Å². The van der Waals surface area contributed by atoms with Gasteiger partial charge in [0.25, 0.3) is 0 Å². The number of nitrogens with one attached hydrogen (secondary N) is 3. The van der Waals surface area contributed by atoms with Gasteiger partial charge in [-0.2, -0.15) is 0 Å². The highest BCUT2D eigenvalue weighted by Gasteiger charge is 2.17. The predicted octanol–water partition coefficient (Wildman–Crippen LogP) is 3.59. The van der Waals surface area contributed by atoms with Crippen LogP contribution >= 0.6 is 12.2 Å². The molecule has 0 bridgehead atoms. The third-order valence-corrected chi connectivity index (χ3v) is 4.42. The summed E-state index contributed by atoms with van der Waals surface area (Å²) in [5.41, 5.74) is 2.78. The summed E-state index contributed by atoms with van der Waals surface area (Å²) in [4.78, 5) is 0.801. The maximum absolute atomic E-state index is 8.25. The Bertz CT molecular complexity index is 694. The van der Waals surface area contributed by atoms with Crippen LogP contribution in [0.3, 0.4) is 0 Å². The van der Waals surface area contributed by atoms with Crippen LogP contribution in [0.25, 0.3) is 0 Å². The Labute approximate surface area is 142 Å². The number of hydrogen-bond donors (Lipinski definition) is 3. The molecular formula is C18H21N3OS. The summed E-state index contributed by atoms with van der Waals surface area (Å²) in [6, 6.07) is 5.97. The van der Waals surface area contributed by atoms with Gasteiger partial charge in [0.15, 0.2) is 0 Å². The molecule has 4 nitrogen and oxygen atoms in total. The van der Waals surface area contributed by atoms with Gasteiger partial charge >= 0.3 is 0 Å². The second-order valence-corrected chi connectivity index (χ2v) is 6.23. The normalized spacial score (nSPS) is 20.1. The topological polar surface area (TPSA) is 57.1 Å². The summed E-state index contributed by atoms with van der Waals surface area (Å²) in [7, 11) is 0. The van der Waals surface area contributed by atoms with E-state index in [1.54, 1.807) is 0 Å². The number of anilines is 1. The first kappa shape index (κ1) is 15.9. The second-order valence-electron chi connectivity index (χ2n) is 5.74. The monoisotopic (exact) mass is 327 g/mol. The average Bonchev–Trinajstić information content (AvgIpc) is 2.76. The first-order valence-corrected chi connectivity index (χ1v) is 8.34. The molecule has 1 aliphatic heterocycles. The van der Waals surface area contributed by atoms with Crippen molar-refractivity contribution in [1.82, 2.24) is 5.32 Å². The van der Waals surface area contributed by atoms with Gasteiger partial charge in [0, 0.05) is 41.2 Å². The van der Waals surface area contributed by atoms with Crippen LogP contribution in [-0.2, 0) is 6.54 Å². The lowest BCUT2D eigenvalue weighted by Crippen LogP contribution is -2.27. The minimum atomic E-state index is 0.213. The first-order chi connectivity index (χ1) is 11.2. The molecule has 0 saturated carbocycles. The second kappa shape index (κ2) is 7.06.